The van der Waals surface area contributed by atoms with Crippen LogP contribution in [0.15, 0.2) is 24.3 Å². The SMILES string of the molecule is CC(=O)c1c(C)c2c(c(OCCC(C)c3ccc(F)cc3)c1OCCN(C)C)OCN2. The number of anilines is 1. The maximum Gasteiger partial charge on any atom is 0.206 e. The molecule has 0 aliphatic carbocycles. The van der Waals surface area contributed by atoms with E-state index in [1.54, 1.807) is 12.1 Å². The Kier molecular flexibility index (Phi) is 7.38. The van der Waals surface area contributed by atoms with Crippen molar-refractivity contribution in [3.8, 4) is 17.2 Å². The fourth-order valence-electron chi connectivity index (χ4n) is 3.65. The van der Waals surface area contributed by atoms with Crippen LogP contribution in [0.4, 0.5) is 10.1 Å². The predicted octanol–water partition coefficient (Wildman–Crippen LogP) is 4.61. The van der Waals surface area contributed by atoms with Crippen LogP contribution in [0.1, 0.15) is 47.7 Å². The molecule has 1 unspecified atom stereocenters. The van der Waals surface area contributed by atoms with E-state index in [0.29, 0.717) is 55.7 Å². The summed E-state index contributed by atoms with van der Waals surface area (Å²) in [6.07, 6.45) is 0.717. The van der Waals surface area contributed by atoms with E-state index in [9.17, 15) is 9.18 Å². The molecule has 3 rings (SSSR count). The van der Waals surface area contributed by atoms with Crippen molar-refractivity contribution in [2.24, 2.45) is 0 Å². The van der Waals surface area contributed by atoms with E-state index in [1.807, 2.05) is 25.9 Å². The summed E-state index contributed by atoms with van der Waals surface area (Å²) < 4.78 is 31.2. The molecule has 0 spiro atoms. The Bertz CT molecular complexity index is 928. The third-order valence-corrected chi connectivity index (χ3v) is 5.46. The first-order valence-corrected chi connectivity index (χ1v) is 10.5. The highest BCUT2D eigenvalue weighted by atomic mass is 19.1. The highest BCUT2D eigenvalue weighted by Gasteiger charge is 2.30. The average molecular weight is 431 g/mol. The second-order valence-corrected chi connectivity index (χ2v) is 8.13. The summed E-state index contributed by atoms with van der Waals surface area (Å²) in [5.74, 6) is 1.33. The zero-order valence-electron chi connectivity index (χ0n) is 18.9. The minimum absolute atomic E-state index is 0.0848. The van der Waals surface area contributed by atoms with Crippen molar-refractivity contribution in [2.45, 2.75) is 33.1 Å². The van der Waals surface area contributed by atoms with Crippen molar-refractivity contribution in [1.29, 1.82) is 0 Å². The van der Waals surface area contributed by atoms with Crippen LogP contribution in [0.3, 0.4) is 0 Å². The van der Waals surface area contributed by atoms with Crippen LogP contribution < -0.4 is 19.5 Å². The quantitative estimate of drug-likeness (QED) is 0.556. The van der Waals surface area contributed by atoms with Crippen LogP contribution in [0.2, 0.25) is 0 Å². The standard InChI is InChI=1S/C24H31FN2O4/c1-15(18-6-8-19(25)9-7-18)10-12-29-24-22(30-13-11-27(4)5)20(17(3)28)16(2)21-23(24)31-14-26-21/h6-9,15,26H,10-14H2,1-5H3. The summed E-state index contributed by atoms with van der Waals surface area (Å²) >= 11 is 0. The number of ketones is 1. The Hall–Kier alpha value is -2.80. The van der Waals surface area contributed by atoms with Gasteiger partial charge in [-0.3, -0.25) is 4.79 Å². The highest BCUT2D eigenvalue weighted by Crippen LogP contribution is 2.50. The van der Waals surface area contributed by atoms with E-state index < -0.39 is 0 Å². The normalized spacial score (nSPS) is 13.4. The van der Waals surface area contributed by atoms with Crippen LogP contribution in [0.25, 0.3) is 0 Å². The third-order valence-electron chi connectivity index (χ3n) is 5.46. The van der Waals surface area contributed by atoms with Crippen LogP contribution in [0.5, 0.6) is 17.2 Å². The topological polar surface area (TPSA) is 60.0 Å². The minimum Gasteiger partial charge on any atom is -0.487 e. The van der Waals surface area contributed by atoms with Crippen molar-refractivity contribution in [3.05, 3.63) is 46.8 Å². The van der Waals surface area contributed by atoms with Gasteiger partial charge in [-0.25, -0.2) is 4.39 Å². The molecule has 0 bridgehead atoms. The monoisotopic (exact) mass is 430 g/mol. The average Bonchev–Trinajstić information content (AvgIpc) is 3.20. The minimum atomic E-state index is -0.247. The van der Waals surface area contributed by atoms with Gasteiger partial charge in [0.25, 0.3) is 0 Å². The van der Waals surface area contributed by atoms with Crippen LogP contribution in [-0.2, 0) is 0 Å². The second kappa shape index (κ2) is 10.0. The molecule has 6 nitrogen and oxygen atoms in total. The van der Waals surface area contributed by atoms with Gasteiger partial charge in [-0.15, -0.1) is 0 Å². The van der Waals surface area contributed by atoms with Gasteiger partial charge < -0.3 is 24.4 Å². The number of nitrogens with zero attached hydrogens (tertiary/aromatic N) is 1. The number of likely N-dealkylation sites (N-methyl/N-ethyl adjacent to an activating group) is 1. The molecule has 1 heterocycles. The van der Waals surface area contributed by atoms with Crippen LogP contribution in [0, 0.1) is 12.7 Å². The van der Waals surface area contributed by atoms with Gasteiger partial charge in [0.05, 0.1) is 17.9 Å². The van der Waals surface area contributed by atoms with Gasteiger partial charge in [0, 0.05) is 6.54 Å². The number of ether oxygens (including phenoxy) is 3. The summed E-state index contributed by atoms with van der Waals surface area (Å²) in [7, 11) is 3.93. The Morgan fingerprint density at radius 2 is 1.87 bits per heavy atom. The maximum atomic E-state index is 13.2. The first-order chi connectivity index (χ1) is 14.8. The Labute approximate surface area is 183 Å². The molecule has 1 aliphatic rings. The number of rotatable bonds is 10. The molecule has 0 amide bonds. The zero-order chi connectivity index (χ0) is 22.5. The molecule has 0 saturated carbocycles. The number of nitrogens with one attached hydrogen (secondary N) is 1. The van der Waals surface area contributed by atoms with Crippen LogP contribution in [-0.4, -0.2) is 51.3 Å². The highest BCUT2D eigenvalue weighted by molar-refractivity contribution is 6.02. The lowest BCUT2D eigenvalue weighted by atomic mass is 9.98. The van der Waals surface area contributed by atoms with E-state index in [2.05, 4.69) is 12.2 Å². The molecule has 1 N–H and O–H groups in total. The van der Waals surface area contributed by atoms with Crippen molar-refractivity contribution >= 4 is 11.5 Å². The maximum absolute atomic E-state index is 13.2. The first kappa shape index (κ1) is 22.9. The summed E-state index contributed by atoms with van der Waals surface area (Å²) in [6, 6.07) is 6.52. The fourth-order valence-corrected chi connectivity index (χ4v) is 3.65. The van der Waals surface area contributed by atoms with Gasteiger partial charge >= 0.3 is 0 Å². The number of benzene rings is 2. The number of halogens is 1. The number of carbonyl (C=O) groups excluding carboxylic acids is 1. The first-order valence-electron chi connectivity index (χ1n) is 10.5. The van der Waals surface area contributed by atoms with Crippen molar-refractivity contribution in [2.75, 3.05) is 45.9 Å². The number of hydrogen-bond acceptors (Lipinski definition) is 6. The van der Waals surface area contributed by atoms with E-state index in [4.69, 9.17) is 14.2 Å². The molecule has 2 aromatic rings. The number of hydrogen-bond donors (Lipinski definition) is 1. The molecular formula is C24H31FN2O4. The summed E-state index contributed by atoms with van der Waals surface area (Å²) in [4.78, 5) is 14.5. The van der Waals surface area contributed by atoms with Crippen LogP contribution >= 0.6 is 0 Å². The van der Waals surface area contributed by atoms with Gasteiger partial charge in [0.15, 0.2) is 24.0 Å². The Morgan fingerprint density at radius 3 is 2.52 bits per heavy atom. The van der Waals surface area contributed by atoms with Gasteiger partial charge in [-0.05, 0) is 63.5 Å². The molecule has 168 valence electrons. The second-order valence-electron chi connectivity index (χ2n) is 8.13. The van der Waals surface area contributed by atoms with Gasteiger partial charge in [-0.1, -0.05) is 19.1 Å². The van der Waals surface area contributed by atoms with Crippen molar-refractivity contribution in [1.82, 2.24) is 4.90 Å². The lowest BCUT2D eigenvalue weighted by Gasteiger charge is -2.21. The zero-order valence-corrected chi connectivity index (χ0v) is 18.9. The summed E-state index contributed by atoms with van der Waals surface area (Å²) in [5.41, 5.74) is 3.12. The van der Waals surface area contributed by atoms with E-state index in [-0.39, 0.29) is 17.5 Å². The van der Waals surface area contributed by atoms with E-state index >= 15 is 0 Å². The lowest BCUT2D eigenvalue weighted by Crippen LogP contribution is -2.20. The molecule has 0 fully saturated rings. The van der Waals surface area contributed by atoms with Crippen molar-refractivity contribution < 1.29 is 23.4 Å². The number of fused-ring (bicyclic) bond motifs is 1. The van der Waals surface area contributed by atoms with Gasteiger partial charge in [0.1, 0.15) is 12.4 Å². The fraction of sp³-hybridized carbons (Fsp3) is 0.458. The molecule has 1 aliphatic heterocycles. The number of Topliss-reactive ketones (excluding diaryl/α,β-unsaturated/α-hetero) is 1. The summed E-state index contributed by atoms with van der Waals surface area (Å²) in [6.45, 7) is 7.33. The molecule has 0 saturated heterocycles. The van der Waals surface area contributed by atoms with Crippen molar-refractivity contribution in [3.63, 3.8) is 0 Å². The molecule has 0 aromatic heterocycles. The summed E-state index contributed by atoms with van der Waals surface area (Å²) in [5, 5.41) is 3.18. The Morgan fingerprint density at radius 1 is 1.19 bits per heavy atom. The van der Waals surface area contributed by atoms with Gasteiger partial charge in [0.2, 0.25) is 5.75 Å². The smallest absolute Gasteiger partial charge is 0.206 e. The predicted molar refractivity (Wildman–Crippen MR) is 119 cm³/mol. The lowest BCUT2D eigenvalue weighted by molar-refractivity contribution is 0.101. The van der Waals surface area contributed by atoms with Gasteiger partial charge in [-0.2, -0.15) is 0 Å². The Balaban J connectivity index is 1.84. The number of carbonyl (C=O) groups is 1. The molecule has 2 aromatic carbocycles. The molecule has 31 heavy (non-hydrogen) atoms. The largest absolute Gasteiger partial charge is 0.487 e. The van der Waals surface area contributed by atoms with E-state index in [1.165, 1.54) is 19.1 Å². The third kappa shape index (κ3) is 5.28. The van der Waals surface area contributed by atoms with E-state index in [0.717, 1.165) is 16.8 Å². The molecule has 7 heteroatoms. The molecular weight excluding hydrogens is 399 g/mol. The molecule has 1 atom stereocenters. The molecule has 0 radical (unpaired) electrons.